The van der Waals surface area contributed by atoms with Crippen molar-refractivity contribution in [3.63, 3.8) is 0 Å². The molecule has 2 N–H and O–H groups in total. The normalized spacial score (nSPS) is 52.9. The van der Waals surface area contributed by atoms with Crippen molar-refractivity contribution in [1.29, 1.82) is 0 Å². The van der Waals surface area contributed by atoms with Gasteiger partial charge in [-0.3, -0.25) is 9.59 Å². The Kier molecular flexibility index (Phi) is 1.16. The molecule has 3 fully saturated rings. The predicted octanol–water partition coefficient (Wildman–Crippen LogP) is 0.962. The van der Waals surface area contributed by atoms with Gasteiger partial charge in [0.2, 0.25) is 0 Å². The van der Waals surface area contributed by atoms with Crippen LogP contribution in [0, 0.1) is 22.7 Å². The number of fused-ring (bicyclic) bond motifs is 5. The quantitative estimate of drug-likeness (QED) is 0.689. The topological polar surface area (TPSA) is 74.6 Å². The third-order valence-corrected chi connectivity index (χ3v) is 4.82. The Morgan fingerprint density at radius 3 is 1.79 bits per heavy atom. The Morgan fingerprint density at radius 2 is 1.43 bits per heavy atom. The molecule has 0 aromatic heterocycles. The third-order valence-electron chi connectivity index (χ3n) is 4.82. The first-order chi connectivity index (χ1) is 6.55. The fraction of sp³-hybridized carbons (Fsp3) is 0.800. The van der Waals surface area contributed by atoms with Crippen LogP contribution in [0.1, 0.15) is 25.7 Å². The van der Waals surface area contributed by atoms with Crippen LogP contribution in [-0.2, 0) is 9.59 Å². The lowest BCUT2D eigenvalue weighted by Gasteiger charge is -2.23. The van der Waals surface area contributed by atoms with E-state index in [1.54, 1.807) is 0 Å². The molecule has 0 aliphatic heterocycles. The van der Waals surface area contributed by atoms with Crippen LogP contribution in [0.4, 0.5) is 0 Å². The smallest absolute Gasteiger partial charge is 0.311 e. The van der Waals surface area contributed by atoms with Crippen molar-refractivity contribution in [2.24, 2.45) is 22.7 Å². The summed E-state index contributed by atoms with van der Waals surface area (Å²) in [5.74, 6) is -1.51. The zero-order valence-electron chi connectivity index (χ0n) is 7.69. The first kappa shape index (κ1) is 8.26. The van der Waals surface area contributed by atoms with E-state index in [2.05, 4.69) is 0 Å². The van der Waals surface area contributed by atoms with Gasteiger partial charge in [-0.25, -0.2) is 0 Å². The number of carboxylic acid groups (broad SMARTS) is 2. The van der Waals surface area contributed by atoms with Crippen molar-refractivity contribution in [3.8, 4) is 0 Å². The lowest BCUT2D eigenvalue weighted by atomic mass is 9.79. The zero-order chi connectivity index (χ0) is 10.1. The van der Waals surface area contributed by atoms with Crippen LogP contribution in [0.25, 0.3) is 0 Å². The van der Waals surface area contributed by atoms with Gasteiger partial charge < -0.3 is 10.2 Å². The van der Waals surface area contributed by atoms with Gasteiger partial charge >= 0.3 is 11.9 Å². The van der Waals surface area contributed by atoms with Crippen molar-refractivity contribution < 1.29 is 19.8 Å². The fourth-order valence-corrected chi connectivity index (χ4v) is 4.17. The molecule has 3 saturated carbocycles. The molecule has 0 amide bonds. The summed E-state index contributed by atoms with van der Waals surface area (Å²) in [5, 5.41) is 18.4. The maximum absolute atomic E-state index is 11.2. The molecule has 4 heteroatoms. The zero-order valence-corrected chi connectivity index (χ0v) is 7.69. The van der Waals surface area contributed by atoms with E-state index in [1.165, 1.54) is 0 Å². The molecule has 4 unspecified atom stereocenters. The standard InChI is InChI=1S/C10H12O4/c11-7(12)9-4-10(9,8(13)14)6-2-1-5(9)3-6/h5-6H,1-4H2,(H,11,12)(H,13,14). The first-order valence-corrected chi connectivity index (χ1v) is 5.02. The van der Waals surface area contributed by atoms with Gasteiger partial charge in [-0.15, -0.1) is 0 Å². The van der Waals surface area contributed by atoms with Gasteiger partial charge in [-0.2, -0.15) is 0 Å². The van der Waals surface area contributed by atoms with Gasteiger partial charge in [-0.1, -0.05) is 0 Å². The number of rotatable bonds is 2. The number of hydrogen-bond donors (Lipinski definition) is 2. The lowest BCUT2D eigenvalue weighted by Crippen LogP contribution is -2.34. The molecule has 0 spiro atoms. The third kappa shape index (κ3) is 0.535. The van der Waals surface area contributed by atoms with E-state index in [1.807, 2.05) is 0 Å². The minimum atomic E-state index is -0.887. The van der Waals surface area contributed by atoms with E-state index in [0.29, 0.717) is 6.42 Å². The van der Waals surface area contributed by atoms with Gasteiger partial charge in [0.15, 0.2) is 0 Å². The van der Waals surface area contributed by atoms with Crippen LogP contribution in [0.15, 0.2) is 0 Å². The molecule has 3 aliphatic rings. The highest BCUT2D eigenvalue weighted by Crippen LogP contribution is 2.82. The maximum atomic E-state index is 11.2. The molecule has 2 bridgehead atoms. The summed E-state index contributed by atoms with van der Waals surface area (Å²) in [5.41, 5.74) is -1.77. The average molecular weight is 196 g/mol. The van der Waals surface area contributed by atoms with Crippen molar-refractivity contribution in [2.45, 2.75) is 25.7 Å². The first-order valence-electron chi connectivity index (χ1n) is 5.02. The summed E-state index contributed by atoms with van der Waals surface area (Å²) in [7, 11) is 0. The summed E-state index contributed by atoms with van der Waals surface area (Å²) < 4.78 is 0. The van der Waals surface area contributed by atoms with Gasteiger partial charge in [0, 0.05) is 0 Å². The number of carbonyl (C=O) groups is 2. The molecular formula is C10H12O4. The Hall–Kier alpha value is -1.06. The highest BCUT2D eigenvalue weighted by Gasteiger charge is 2.87. The molecule has 76 valence electrons. The summed E-state index contributed by atoms with van der Waals surface area (Å²) in [6, 6.07) is 0. The molecule has 3 rings (SSSR count). The van der Waals surface area contributed by atoms with Crippen molar-refractivity contribution in [1.82, 2.24) is 0 Å². The Bertz CT molecular complexity index is 318. The molecule has 0 aromatic rings. The monoisotopic (exact) mass is 196 g/mol. The second-order valence-corrected chi connectivity index (χ2v) is 4.94. The molecule has 14 heavy (non-hydrogen) atoms. The van der Waals surface area contributed by atoms with Gasteiger partial charge in [0.05, 0.1) is 10.8 Å². The summed E-state index contributed by atoms with van der Waals surface area (Å²) in [6.45, 7) is 0. The maximum Gasteiger partial charge on any atom is 0.311 e. The van der Waals surface area contributed by atoms with Crippen LogP contribution in [-0.4, -0.2) is 22.2 Å². The number of carboxylic acids is 2. The van der Waals surface area contributed by atoms with E-state index in [0.717, 1.165) is 19.3 Å². The van der Waals surface area contributed by atoms with Gasteiger partial charge in [-0.05, 0) is 37.5 Å². The number of hydrogen-bond acceptors (Lipinski definition) is 2. The minimum Gasteiger partial charge on any atom is -0.481 e. The average Bonchev–Trinajstić information content (AvgIpc) is 2.56. The van der Waals surface area contributed by atoms with E-state index in [9.17, 15) is 19.8 Å². The molecule has 0 saturated heterocycles. The Labute approximate surface area is 80.9 Å². The van der Waals surface area contributed by atoms with Gasteiger partial charge in [0.25, 0.3) is 0 Å². The molecular weight excluding hydrogens is 184 g/mol. The Morgan fingerprint density at radius 1 is 1.00 bits per heavy atom. The lowest BCUT2D eigenvalue weighted by molar-refractivity contribution is -0.156. The largest absolute Gasteiger partial charge is 0.481 e. The van der Waals surface area contributed by atoms with Crippen LogP contribution in [0.5, 0.6) is 0 Å². The molecule has 4 atom stereocenters. The predicted molar refractivity (Wildman–Crippen MR) is 45.6 cm³/mol. The van der Waals surface area contributed by atoms with E-state index in [4.69, 9.17) is 0 Å². The molecule has 0 heterocycles. The van der Waals surface area contributed by atoms with Crippen LogP contribution >= 0.6 is 0 Å². The van der Waals surface area contributed by atoms with Crippen molar-refractivity contribution in [2.75, 3.05) is 0 Å². The Balaban J connectivity index is 2.10. The molecule has 0 radical (unpaired) electrons. The van der Waals surface area contributed by atoms with E-state index < -0.39 is 22.8 Å². The van der Waals surface area contributed by atoms with E-state index >= 15 is 0 Å². The number of aliphatic carboxylic acids is 2. The summed E-state index contributed by atoms with van der Waals surface area (Å²) >= 11 is 0. The minimum absolute atomic E-state index is 0.126. The summed E-state index contributed by atoms with van der Waals surface area (Å²) in [4.78, 5) is 22.4. The van der Waals surface area contributed by atoms with Crippen molar-refractivity contribution >= 4 is 11.9 Å². The van der Waals surface area contributed by atoms with Crippen LogP contribution in [0.3, 0.4) is 0 Å². The molecule has 0 aromatic carbocycles. The van der Waals surface area contributed by atoms with Crippen LogP contribution < -0.4 is 0 Å². The van der Waals surface area contributed by atoms with Crippen molar-refractivity contribution in [3.05, 3.63) is 0 Å². The second-order valence-electron chi connectivity index (χ2n) is 4.94. The second kappa shape index (κ2) is 1.97. The van der Waals surface area contributed by atoms with E-state index in [-0.39, 0.29) is 11.8 Å². The highest BCUT2D eigenvalue weighted by molar-refractivity contribution is 5.95. The SMILES string of the molecule is O=C(O)C12CC1(C(=O)O)C1CCC2C1. The fourth-order valence-electron chi connectivity index (χ4n) is 4.17. The summed E-state index contributed by atoms with van der Waals surface area (Å²) in [6.07, 6.45) is 3.01. The molecule has 4 nitrogen and oxygen atoms in total. The highest BCUT2D eigenvalue weighted by atomic mass is 16.4. The van der Waals surface area contributed by atoms with Crippen LogP contribution in [0.2, 0.25) is 0 Å². The van der Waals surface area contributed by atoms with Gasteiger partial charge in [0.1, 0.15) is 0 Å². The molecule has 3 aliphatic carbocycles.